The first-order chi connectivity index (χ1) is 13.4. The van der Waals surface area contributed by atoms with Crippen LogP contribution in [0.5, 0.6) is 0 Å². The van der Waals surface area contributed by atoms with E-state index in [0.29, 0.717) is 16.9 Å². The minimum atomic E-state index is -1.33. The molecule has 0 spiro atoms. The van der Waals surface area contributed by atoms with Crippen LogP contribution in [0.2, 0.25) is 0 Å². The largest absolute Gasteiger partial charge is 0.477 e. The zero-order valence-corrected chi connectivity index (χ0v) is 15.6. The van der Waals surface area contributed by atoms with Gasteiger partial charge in [-0.15, -0.1) is 11.3 Å². The summed E-state index contributed by atoms with van der Waals surface area (Å²) in [5, 5.41) is 19.5. The molecule has 6 nitrogen and oxygen atoms in total. The van der Waals surface area contributed by atoms with E-state index >= 15 is 0 Å². The molecule has 28 heavy (non-hydrogen) atoms. The average Bonchev–Trinajstić information content (AvgIpc) is 3.40. The highest BCUT2D eigenvalue weighted by Crippen LogP contribution is 2.41. The van der Waals surface area contributed by atoms with Crippen LogP contribution in [-0.2, 0) is 6.42 Å². The topological polar surface area (TPSA) is 92.4 Å². The predicted molar refractivity (Wildman–Crippen MR) is 102 cm³/mol. The monoisotopic (exact) mass is 400 g/mol. The molecule has 1 saturated carbocycles. The number of rotatable bonds is 3. The number of carboxylic acids is 1. The molecular weight excluding hydrogens is 383 g/mol. The number of aliphatic hydroxyl groups is 1. The molecule has 0 aliphatic heterocycles. The van der Waals surface area contributed by atoms with Crippen LogP contribution in [0, 0.1) is 5.82 Å². The highest BCUT2D eigenvalue weighted by Gasteiger charge is 2.29. The van der Waals surface area contributed by atoms with Crippen LogP contribution in [-0.4, -0.2) is 25.7 Å². The third-order valence-electron chi connectivity index (χ3n) is 5.43. The second kappa shape index (κ2) is 6.22. The van der Waals surface area contributed by atoms with Gasteiger partial charge in [0.25, 0.3) is 0 Å². The first-order valence-electron chi connectivity index (χ1n) is 9.23. The number of fused-ring (bicyclic) bond motifs is 2. The lowest BCUT2D eigenvalue weighted by molar-refractivity contribution is 0.0695. The van der Waals surface area contributed by atoms with Crippen molar-refractivity contribution in [3.63, 3.8) is 0 Å². The maximum atomic E-state index is 14.9. The van der Waals surface area contributed by atoms with Gasteiger partial charge in [0, 0.05) is 17.1 Å². The van der Waals surface area contributed by atoms with E-state index in [1.165, 1.54) is 17.5 Å². The number of hydrogen-bond acceptors (Lipinski definition) is 5. The highest BCUT2D eigenvalue weighted by atomic mass is 32.1. The molecule has 2 aliphatic carbocycles. The fourth-order valence-electron chi connectivity index (χ4n) is 3.86. The lowest BCUT2D eigenvalue weighted by atomic mass is 9.97. The molecule has 1 fully saturated rings. The molecule has 0 radical (unpaired) electrons. The average molecular weight is 400 g/mol. The number of nitrogens with zero attached hydrogens (tertiary/aromatic N) is 2. The van der Waals surface area contributed by atoms with Crippen molar-refractivity contribution >= 4 is 28.3 Å². The number of aromatic nitrogens is 2. The Morgan fingerprint density at radius 2 is 2.07 bits per heavy atom. The van der Waals surface area contributed by atoms with Gasteiger partial charge in [-0.2, -0.15) is 0 Å². The molecule has 0 saturated heterocycles. The molecule has 1 atom stereocenters. The fraction of sp³-hybridized carbons (Fsp3) is 0.350. The van der Waals surface area contributed by atoms with Crippen LogP contribution in [0.15, 0.2) is 23.1 Å². The van der Waals surface area contributed by atoms with E-state index in [-0.39, 0.29) is 22.7 Å². The summed E-state index contributed by atoms with van der Waals surface area (Å²) in [5.74, 6) is -1.99. The van der Waals surface area contributed by atoms with Crippen molar-refractivity contribution in [2.24, 2.45) is 0 Å². The van der Waals surface area contributed by atoms with Crippen molar-refractivity contribution in [1.82, 2.24) is 9.55 Å². The molecule has 0 bridgehead atoms. The maximum Gasteiger partial charge on any atom is 0.341 e. The zero-order valence-electron chi connectivity index (χ0n) is 14.8. The number of aliphatic hydroxyl groups excluding tert-OH is 1. The number of pyridine rings is 2. The summed E-state index contributed by atoms with van der Waals surface area (Å²) in [7, 11) is 0. The van der Waals surface area contributed by atoms with Gasteiger partial charge in [0.05, 0.1) is 16.4 Å². The molecule has 3 aromatic rings. The molecule has 1 unspecified atom stereocenters. The summed E-state index contributed by atoms with van der Waals surface area (Å²) in [6, 6.07) is 3.04. The Labute approximate surface area is 162 Å². The van der Waals surface area contributed by atoms with Gasteiger partial charge in [-0.3, -0.25) is 4.79 Å². The number of halogens is 1. The van der Waals surface area contributed by atoms with Crippen molar-refractivity contribution in [1.29, 1.82) is 0 Å². The molecule has 3 heterocycles. The minimum absolute atomic E-state index is 0.0191. The second-order valence-electron chi connectivity index (χ2n) is 7.41. The molecule has 5 rings (SSSR count). The summed E-state index contributed by atoms with van der Waals surface area (Å²) >= 11 is 1.33. The number of carbonyl (C=O) groups is 1. The van der Waals surface area contributed by atoms with Gasteiger partial charge in [0.15, 0.2) is 5.82 Å². The summed E-state index contributed by atoms with van der Waals surface area (Å²) in [6.45, 7) is 0. The third-order valence-corrected chi connectivity index (χ3v) is 6.72. The molecule has 144 valence electrons. The van der Waals surface area contributed by atoms with Crippen molar-refractivity contribution in [2.45, 2.75) is 44.2 Å². The normalized spacial score (nSPS) is 19.0. The van der Waals surface area contributed by atoms with Crippen molar-refractivity contribution < 1.29 is 19.4 Å². The Kier molecular flexibility index (Phi) is 3.89. The van der Waals surface area contributed by atoms with E-state index in [4.69, 9.17) is 0 Å². The van der Waals surface area contributed by atoms with Crippen LogP contribution in [0.1, 0.15) is 58.6 Å². The third kappa shape index (κ3) is 2.67. The fourth-order valence-corrected chi connectivity index (χ4v) is 5.08. The van der Waals surface area contributed by atoms with E-state index in [2.05, 4.69) is 4.98 Å². The van der Waals surface area contributed by atoms with Crippen LogP contribution in [0.25, 0.3) is 21.6 Å². The van der Waals surface area contributed by atoms with Gasteiger partial charge in [-0.1, -0.05) is 0 Å². The summed E-state index contributed by atoms with van der Waals surface area (Å²) < 4.78 is 16.6. The molecule has 2 N–H and O–H groups in total. The summed E-state index contributed by atoms with van der Waals surface area (Å²) in [6.07, 6.45) is 4.94. The SMILES string of the molecule is O=C(O)c1cn(C2CC2)c2nc(-c3cc4c(s3)C(O)CCC4)c(F)cc2c1=O. The maximum absolute atomic E-state index is 14.9. The van der Waals surface area contributed by atoms with Gasteiger partial charge in [0.2, 0.25) is 5.43 Å². The Balaban J connectivity index is 1.75. The number of aryl methyl sites for hydroxylation is 1. The lowest BCUT2D eigenvalue weighted by Gasteiger charge is -2.16. The molecule has 0 amide bonds. The standard InChI is InChI=1S/C20H17FN2O4S/c21-13-7-11-17(25)12(20(26)27)8-23(10-4-5-10)19(11)22-16(13)15-6-9-2-1-3-14(24)18(9)28-15/h6-8,10,14,24H,1-5H2,(H,26,27). The molecule has 0 aromatic carbocycles. The van der Waals surface area contributed by atoms with E-state index < -0.39 is 23.3 Å². The minimum Gasteiger partial charge on any atom is -0.477 e. The van der Waals surface area contributed by atoms with Crippen LogP contribution in [0.4, 0.5) is 4.39 Å². The van der Waals surface area contributed by atoms with Gasteiger partial charge >= 0.3 is 5.97 Å². The van der Waals surface area contributed by atoms with E-state index in [0.717, 1.165) is 42.2 Å². The smallest absolute Gasteiger partial charge is 0.341 e. The molecule has 2 aliphatic rings. The van der Waals surface area contributed by atoms with Gasteiger partial charge < -0.3 is 14.8 Å². The molecule has 3 aromatic heterocycles. The van der Waals surface area contributed by atoms with E-state index in [9.17, 15) is 24.2 Å². The van der Waals surface area contributed by atoms with Gasteiger partial charge in [-0.05, 0) is 49.8 Å². The van der Waals surface area contributed by atoms with Gasteiger partial charge in [0.1, 0.15) is 16.9 Å². The molecule has 8 heteroatoms. The van der Waals surface area contributed by atoms with E-state index in [1.54, 1.807) is 4.57 Å². The van der Waals surface area contributed by atoms with Crippen molar-refractivity contribution in [3.8, 4) is 10.6 Å². The van der Waals surface area contributed by atoms with Crippen molar-refractivity contribution in [2.75, 3.05) is 0 Å². The number of hydrogen-bond donors (Lipinski definition) is 2. The molecular formula is C20H17FN2O4S. The van der Waals surface area contributed by atoms with E-state index in [1.807, 2.05) is 6.07 Å². The van der Waals surface area contributed by atoms with Crippen LogP contribution in [0.3, 0.4) is 0 Å². The Hall–Kier alpha value is -2.58. The van der Waals surface area contributed by atoms with Gasteiger partial charge in [-0.25, -0.2) is 14.2 Å². The first-order valence-corrected chi connectivity index (χ1v) is 10.1. The predicted octanol–water partition coefficient (Wildman–Crippen LogP) is 3.67. The Morgan fingerprint density at radius 3 is 2.75 bits per heavy atom. The zero-order chi connectivity index (χ0) is 19.6. The highest BCUT2D eigenvalue weighted by molar-refractivity contribution is 7.15. The number of aromatic carboxylic acids is 1. The van der Waals surface area contributed by atoms with Crippen molar-refractivity contribution in [3.05, 3.63) is 50.4 Å². The summed E-state index contributed by atoms with van der Waals surface area (Å²) in [5.41, 5.74) is 0.360. The van der Waals surface area contributed by atoms with Crippen LogP contribution >= 0.6 is 11.3 Å². The second-order valence-corrected chi connectivity index (χ2v) is 8.50. The summed E-state index contributed by atoms with van der Waals surface area (Å²) in [4.78, 5) is 29.9. The number of thiophene rings is 1. The Morgan fingerprint density at radius 1 is 1.29 bits per heavy atom. The number of carboxylic acid groups (broad SMARTS) is 1. The quantitative estimate of drug-likeness (QED) is 0.700. The van der Waals surface area contributed by atoms with Crippen LogP contribution < -0.4 is 5.43 Å². The lowest BCUT2D eigenvalue weighted by Crippen LogP contribution is -2.19. The Bertz CT molecular complexity index is 1200. The first kappa shape index (κ1) is 17.5.